The van der Waals surface area contributed by atoms with Crippen molar-refractivity contribution in [1.29, 1.82) is 0 Å². The lowest BCUT2D eigenvalue weighted by Crippen LogP contribution is -2.19. The van der Waals surface area contributed by atoms with Crippen molar-refractivity contribution < 1.29 is 13.0 Å². The molecule has 0 rings (SSSR count). The second-order valence-electron chi connectivity index (χ2n) is 2.94. The number of rotatable bonds is 3. The Kier molecular flexibility index (Phi) is 4.81. The smallest absolute Gasteiger partial charge is 0.279 e. The molecule has 0 aromatic carbocycles. The predicted octanol–water partition coefficient (Wildman–Crippen LogP) is 0.565. The molecule has 0 fully saturated rings. The molecule has 0 aliphatic carbocycles. The van der Waals surface area contributed by atoms with Gasteiger partial charge in [0.25, 0.3) is 10.1 Å². The quantitative estimate of drug-likeness (QED) is 0.415. The Labute approximate surface area is 79.7 Å². The highest BCUT2D eigenvalue weighted by Gasteiger charge is 2.19. The molecule has 0 aromatic rings. The summed E-state index contributed by atoms with van der Waals surface area (Å²) in [5, 5.41) is -0.958. The minimum atomic E-state index is -4.02. The molecular formula is C8H15NO3S. The third-order valence-electron chi connectivity index (χ3n) is 1.36. The first-order valence-electron chi connectivity index (χ1n) is 4.02. The van der Waals surface area contributed by atoms with Gasteiger partial charge in [-0.05, 0) is 6.42 Å². The van der Waals surface area contributed by atoms with Crippen molar-refractivity contribution in [2.45, 2.75) is 25.0 Å². The second kappa shape index (κ2) is 5.10. The average molecular weight is 205 g/mol. The molecule has 0 aromatic heterocycles. The lowest BCUT2D eigenvalue weighted by atomic mass is 10.2. The fourth-order valence-electron chi connectivity index (χ4n) is 0.759. The average Bonchev–Trinajstić information content (AvgIpc) is 1.95. The second-order valence-corrected chi connectivity index (χ2v) is 4.54. The molecular weight excluding hydrogens is 190 g/mol. The van der Waals surface area contributed by atoms with Crippen LogP contribution < -0.4 is 0 Å². The molecule has 0 saturated heterocycles. The molecule has 0 bridgehead atoms. The molecule has 0 heterocycles. The van der Waals surface area contributed by atoms with Crippen molar-refractivity contribution in [1.82, 2.24) is 4.90 Å². The summed E-state index contributed by atoms with van der Waals surface area (Å²) in [7, 11) is -0.606. The van der Waals surface area contributed by atoms with E-state index in [2.05, 4.69) is 12.0 Å². The van der Waals surface area contributed by atoms with Gasteiger partial charge in [-0.1, -0.05) is 19.3 Å². The van der Waals surface area contributed by atoms with Gasteiger partial charge >= 0.3 is 0 Å². The van der Waals surface area contributed by atoms with Crippen LogP contribution in [0.3, 0.4) is 0 Å². The molecule has 0 saturated carbocycles. The zero-order valence-electron chi connectivity index (χ0n) is 8.11. The number of hydrogen-bond acceptors (Lipinski definition) is 3. The fourth-order valence-corrected chi connectivity index (χ4v) is 1.49. The summed E-state index contributed by atoms with van der Waals surface area (Å²) in [5.74, 6) is 2.50. The lowest BCUT2D eigenvalue weighted by molar-refractivity contribution is 0.472. The summed E-state index contributed by atoms with van der Waals surface area (Å²) < 4.78 is 30.3. The van der Waals surface area contributed by atoms with E-state index in [4.69, 9.17) is 4.55 Å². The minimum absolute atomic E-state index is 0.361. The zero-order valence-corrected chi connectivity index (χ0v) is 8.93. The molecule has 0 amide bonds. The monoisotopic (exact) mass is 205 g/mol. The maximum absolute atomic E-state index is 10.8. The summed E-state index contributed by atoms with van der Waals surface area (Å²) in [6.45, 7) is 1.84. The Morgan fingerprint density at radius 3 is 2.31 bits per heavy atom. The first-order chi connectivity index (χ1) is 5.88. The van der Waals surface area contributed by atoms with Crippen molar-refractivity contribution in [2.24, 2.45) is 0 Å². The van der Waals surface area contributed by atoms with Crippen LogP contribution in [0.5, 0.6) is 0 Å². The van der Waals surface area contributed by atoms with E-state index in [9.17, 15) is 8.42 Å². The number of hydrogen-bond donors (Lipinski definition) is 1. The van der Waals surface area contributed by atoms with Crippen molar-refractivity contribution in [2.75, 3.05) is 14.1 Å². The fraction of sp³-hybridized carbons (Fsp3) is 0.750. The van der Waals surface area contributed by atoms with Crippen LogP contribution in [0.4, 0.5) is 0 Å². The summed E-state index contributed by atoms with van der Waals surface area (Å²) in [6.07, 6.45) is 1.03. The van der Waals surface area contributed by atoms with Crippen LogP contribution in [0, 0.1) is 12.0 Å². The molecule has 4 nitrogen and oxygen atoms in total. The van der Waals surface area contributed by atoms with Gasteiger partial charge in [0.2, 0.25) is 0 Å². The lowest BCUT2D eigenvalue weighted by Gasteiger charge is -2.05. The van der Waals surface area contributed by atoms with Gasteiger partial charge in [-0.15, -0.1) is 0 Å². The third-order valence-corrected chi connectivity index (χ3v) is 2.43. The van der Waals surface area contributed by atoms with Gasteiger partial charge in [0.05, 0.1) is 0 Å². The predicted molar refractivity (Wildman–Crippen MR) is 51.7 cm³/mol. The van der Waals surface area contributed by atoms with Gasteiger partial charge in [-0.3, -0.25) is 4.55 Å². The Bertz CT molecular complexity index is 297. The Balaban J connectivity index is 4.58. The van der Waals surface area contributed by atoms with Crippen molar-refractivity contribution in [3.63, 3.8) is 0 Å². The normalized spacial score (nSPS) is 12.9. The van der Waals surface area contributed by atoms with E-state index in [1.807, 2.05) is 6.92 Å². The highest BCUT2D eigenvalue weighted by molar-refractivity contribution is 7.86. The van der Waals surface area contributed by atoms with Gasteiger partial charge in [-0.25, -0.2) is 0 Å². The van der Waals surface area contributed by atoms with E-state index in [1.54, 1.807) is 19.0 Å². The molecule has 0 aliphatic rings. The van der Waals surface area contributed by atoms with E-state index in [0.29, 0.717) is 12.8 Å². The third kappa shape index (κ3) is 5.50. The van der Waals surface area contributed by atoms with E-state index in [1.165, 1.54) is 0 Å². The van der Waals surface area contributed by atoms with E-state index >= 15 is 0 Å². The molecule has 76 valence electrons. The molecule has 1 unspecified atom stereocenters. The van der Waals surface area contributed by atoms with Crippen LogP contribution in [0.15, 0.2) is 0 Å². The van der Waals surface area contributed by atoms with Crippen molar-refractivity contribution in [3.05, 3.63) is 0 Å². The summed E-state index contributed by atoms with van der Waals surface area (Å²) >= 11 is 0. The van der Waals surface area contributed by atoms with Crippen LogP contribution >= 0.6 is 0 Å². The van der Waals surface area contributed by atoms with Crippen LogP contribution in [0.25, 0.3) is 0 Å². The molecule has 0 spiro atoms. The molecule has 13 heavy (non-hydrogen) atoms. The molecule has 0 aliphatic heterocycles. The van der Waals surface area contributed by atoms with Gasteiger partial charge in [0.15, 0.2) is 0 Å². The molecule has 1 atom stereocenters. The van der Waals surface area contributed by atoms with Crippen molar-refractivity contribution in [3.8, 4) is 12.0 Å². The van der Waals surface area contributed by atoms with Crippen LogP contribution in [-0.2, 0) is 10.1 Å². The van der Waals surface area contributed by atoms with Gasteiger partial charge < -0.3 is 4.90 Å². The Morgan fingerprint density at radius 2 is 2.00 bits per heavy atom. The van der Waals surface area contributed by atoms with Gasteiger partial charge in [0, 0.05) is 20.1 Å². The topological polar surface area (TPSA) is 57.6 Å². The van der Waals surface area contributed by atoms with Gasteiger partial charge in [0.1, 0.15) is 5.25 Å². The zero-order chi connectivity index (χ0) is 10.5. The number of nitrogens with zero attached hydrogens (tertiary/aromatic N) is 1. The molecule has 1 N–H and O–H groups in total. The minimum Gasteiger partial charge on any atom is -0.339 e. The van der Waals surface area contributed by atoms with Crippen molar-refractivity contribution >= 4 is 10.1 Å². The van der Waals surface area contributed by atoms with E-state index in [0.717, 1.165) is 0 Å². The summed E-state index contributed by atoms with van der Waals surface area (Å²) in [6, 6.07) is 2.58. The summed E-state index contributed by atoms with van der Waals surface area (Å²) in [5.41, 5.74) is 0. The first-order valence-corrected chi connectivity index (χ1v) is 5.53. The highest BCUT2D eigenvalue weighted by atomic mass is 32.2. The van der Waals surface area contributed by atoms with Crippen LogP contribution in [-0.4, -0.2) is 37.2 Å². The molecule has 5 heteroatoms. The summed E-state index contributed by atoms with van der Waals surface area (Å²) in [4.78, 5) is 1.55. The largest absolute Gasteiger partial charge is 0.339 e. The Morgan fingerprint density at radius 1 is 1.46 bits per heavy atom. The maximum atomic E-state index is 10.8. The molecule has 0 radical (unpaired) electrons. The van der Waals surface area contributed by atoms with Gasteiger partial charge in [-0.2, -0.15) is 8.42 Å². The first kappa shape index (κ1) is 12.3. The maximum Gasteiger partial charge on any atom is 0.279 e. The van der Waals surface area contributed by atoms with E-state index < -0.39 is 15.4 Å². The Hall–Kier alpha value is -0.730. The van der Waals surface area contributed by atoms with E-state index in [-0.39, 0.29) is 0 Å². The highest BCUT2D eigenvalue weighted by Crippen LogP contribution is 2.05. The van der Waals surface area contributed by atoms with Crippen LogP contribution in [0.1, 0.15) is 19.8 Å². The standard InChI is InChI=1S/C8H15NO3S/c1-4-5-8(13(10,11)12)6-7-9(2)3/h8H,4-5H2,1-3H3,(H,10,11,12). The van der Waals surface area contributed by atoms with Crippen LogP contribution in [0.2, 0.25) is 0 Å². The SMILES string of the molecule is CCCC(C#CN(C)C)S(=O)(=O)O.